The Labute approximate surface area is 107 Å². The molecule has 0 aromatic carbocycles. The maximum Gasteiger partial charge on any atom is 0.337 e. The van der Waals surface area contributed by atoms with E-state index in [4.69, 9.17) is 5.11 Å². The SMILES string of the molecule is O=C(Cc1cccs1)Nc1cncc(C(=O)O)c1. The lowest BCUT2D eigenvalue weighted by molar-refractivity contribution is -0.115. The lowest BCUT2D eigenvalue weighted by atomic mass is 10.2. The third-order valence-corrected chi connectivity index (χ3v) is 3.06. The zero-order valence-electron chi connectivity index (χ0n) is 9.29. The van der Waals surface area contributed by atoms with Crippen LogP contribution in [0.25, 0.3) is 0 Å². The summed E-state index contributed by atoms with van der Waals surface area (Å²) in [7, 11) is 0. The minimum atomic E-state index is -1.07. The zero-order chi connectivity index (χ0) is 13.0. The first-order valence-corrected chi connectivity index (χ1v) is 6.03. The number of rotatable bonds is 4. The maximum absolute atomic E-state index is 11.7. The second-order valence-electron chi connectivity index (χ2n) is 3.57. The summed E-state index contributed by atoms with van der Waals surface area (Å²) in [5.74, 6) is -1.27. The van der Waals surface area contributed by atoms with Crippen molar-refractivity contribution >= 4 is 28.9 Å². The third kappa shape index (κ3) is 3.14. The van der Waals surface area contributed by atoms with E-state index in [1.807, 2.05) is 17.5 Å². The number of thiophene rings is 1. The highest BCUT2D eigenvalue weighted by molar-refractivity contribution is 7.10. The zero-order valence-corrected chi connectivity index (χ0v) is 10.1. The molecule has 2 aromatic rings. The van der Waals surface area contributed by atoms with E-state index in [-0.39, 0.29) is 17.9 Å². The number of carbonyl (C=O) groups is 2. The first kappa shape index (κ1) is 12.3. The van der Waals surface area contributed by atoms with Gasteiger partial charge in [-0.05, 0) is 17.5 Å². The minimum absolute atomic E-state index is 0.0453. The van der Waals surface area contributed by atoms with Gasteiger partial charge in [0.15, 0.2) is 0 Å². The van der Waals surface area contributed by atoms with E-state index in [1.165, 1.54) is 29.8 Å². The number of aromatic carboxylic acids is 1. The number of carboxylic acids is 1. The quantitative estimate of drug-likeness (QED) is 0.883. The van der Waals surface area contributed by atoms with Crippen LogP contribution in [0, 0.1) is 0 Å². The van der Waals surface area contributed by atoms with Gasteiger partial charge in [-0.2, -0.15) is 0 Å². The lowest BCUT2D eigenvalue weighted by Crippen LogP contribution is -2.14. The van der Waals surface area contributed by atoms with Crippen LogP contribution in [0.4, 0.5) is 5.69 Å². The summed E-state index contributed by atoms with van der Waals surface area (Å²) < 4.78 is 0. The van der Waals surface area contributed by atoms with Gasteiger partial charge in [-0.25, -0.2) is 4.79 Å². The highest BCUT2D eigenvalue weighted by atomic mass is 32.1. The van der Waals surface area contributed by atoms with Crippen LogP contribution < -0.4 is 5.32 Å². The summed E-state index contributed by atoms with van der Waals surface area (Å²) in [5.41, 5.74) is 0.431. The molecule has 0 fully saturated rings. The van der Waals surface area contributed by atoms with Crippen LogP contribution in [-0.2, 0) is 11.2 Å². The topological polar surface area (TPSA) is 79.3 Å². The molecule has 2 aromatic heterocycles. The molecule has 0 aliphatic carbocycles. The van der Waals surface area contributed by atoms with Gasteiger partial charge in [0, 0.05) is 11.1 Å². The van der Waals surface area contributed by atoms with Gasteiger partial charge in [0.05, 0.1) is 23.9 Å². The first-order chi connectivity index (χ1) is 8.65. The Morgan fingerprint density at radius 2 is 2.22 bits per heavy atom. The normalized spacial score (nSPS) is 10.0. The van der Waals surface area contributed by atoms with E-state index in [9.17, 15) is 9.59 Å². The standard InChI is InChI=1S/C12H10N2O3S/c15-11(5-10-2-1-3-18-10)14-9-4-8(12(16)17)6-13-7-9/h1-4,6-7H,5H2,(H,14,15)(H,16,17). The maximum atomic E-state index is 11.7. The molecule has 1 amide bonds. The van der Waals surface area contributed by atoms with E-state index in [0.29, 0.717) is 5.69 Å². The largest absolute Gasteiger partial charge is 0.478 e. The smallest absolute Gasteiger partial charge is 0.337 e. The fourth-order valence-electron chi connectivity index (χ4n) is 1.40. The Balaban J connectivity index is 2.03. The number of aromatic nitrogens is 1. The van der Waals surface area contributed by atoms with E-state index >= 15 is 0 Å². The van der Waals surface area contributed by atoms with Crippen LogP contribution >= 0.6 is 11.3 Å². The number of carboxylic acid groups (broad SMARTS) is 1. The summed E-state index contributed by atoms with van der Waals surface area (Å²) in [6.45, 7) is 0. The number of pyridine rings is 1. The average molecular weight is 262 g/mol. The van der Waals surface area contributed by atoms with Gasteiger partial charge >= 0.3 is 5.97 Å². The second-order valence-corrected chi connectivity index (χ2v) is 4.60. The molecule has 0 bridgehead atoms. The lowest BCUT2D eigenvalue weighted by Gasteiger charge is -2.04. The molecule has 0 radical (unpaired) electrons. The molecule has 2 N–H and O–H groups in total. The van der Waals surface area contributed by atoms with E-state index in [2.05, 4.69) is 10.3 Å². The third-order valence-electron chi connectivity index (χ3n) is 2.18. The van der Waals surface area contributed by atoms with Crippen LogP contribution in [0.3, 0.4) is 0 Å². The van der Waals surface area contributed by atoms with Crippen molar-refractivity contribution in [2.75, 3.05) is 5.32 Å². The van der Waals surface area contributed by atoms with Crippen molar-refractivity contribution in [3.05, 3.63) is 46.4 Å². The molecule has 0 unspecified atom stereocenters. The number of hydrogen-bond donors (Lipinski definition) is 2. The average Bonchev–Trinajstić information content (AvgIpc) is 2.82. The molecule has 0 saturated carbocycles. The van der Waals surface area contributed by atoms with E-state index in [1.54, 1.807) is 0 Å². The fourth-order valence-corrected chi connectivity index (χ4v) is 2.11. The van der Waals surface area contributed by atoms with Crippen LogP contribution in [-0.4, -0.2) is 22.0 Å². The molecule has 0 atom stereocenters. The van der Waals surface area contributed by atoms with Crippen LogP contribution in [0.15, 0.2) is 36.0 Å². The monoisotopic (exact) mass is 262 g/mol. The van der Waals surface area contributed by atoms with Gasteiger partial charge in [-0.3, -0.25) is 9.78 Å². The molecule has 18 heavy (non-hydrogen) atoms. The van der Waals surface area contributed by atoms with Crippen LogP contribution in [0.1, 0.15) is 15.2 Å². The van der Waals surface area contributed by atoms with Crippen molar-refractivity contribution in [3.8, 4) is 0 Å². The van der Waals surface area contributed by atoms with Gasteiger partial charge in [0.1, 0.15) is 0 Å². The molecular weight excluding hydrogens is 252 g/mol. The summed E-state index contributed by atoms with van der Waals surface area (Å²) in [5, 5.41) is 13.3. The molecule has 0 saturated heterocycles. The Morgan fingerprint density at radius 3 is 2.89 bits per heavy atom. The second kappa shape index (κ2) is 5.42. The highest BCUT2D eigenvalue weighted by Gasteiger charge is 2.08. The van der Waals surface area contributed by atoms with Gasteiger partial charge < -0.3 is 10.4 Å². The van der Waals surface area contributed by atoms with E-state index in [0.717, 1.165) is 4.88 Å². The number of hydrogen-bond acceptors (Lipinski definition) is 4. The predicted octanol–water partition coefficient (Wildman–Crippen LogP) is 2.02. The molecule has 0 spiro atoms. The molecule has 2 rings (SSSR count). The van der Waals surface area contributed by atoms with Gasteiger partial charge in [0.2, 0.25) is 5.91 Å². The van der Waals surface area contributed by atoms with Crippen molar-refractivity contribution in [2.24, 2.45) is 0 Å². The van der Waals surface area contributed by atoms with Crippen molar-refractivity contribution in [1.29, 1.82) is 0 Å². The number of nitrogens with zero attached hydrogens (tertiary/aromatic N) is 1. The fraction of sp³-hybridized carbons (Fsp3) is 0.0833. The molecule has 5 nitrogen and oxygen atoms in total. The molecule has 0 aliphatic heterocycles. The Hall–Kier alpha value is -2.21. The molecule has 0 aliphatic rings. The van der Waals surface area contributed by atoms with E-state index < -0.39 is 5.97 Å². The summed E-state index contributed by atoms with van der Waals surface area (Å²) >= 11 is 1.50. The molecule has 6 heteroatoms. The Kier molecular flexibility index (Phi) is 3.69. The van der Waals surface area contributed by atoms with Crippen molar-refractivity contribution in [3.63, 3.8) is 0 Å². The Morgan fingerprint density at radius 1 is 1.39 bits per heavy atom. The highest BCUT2D eigenvalue weighted by Crippen LogP contribution is 2.12. The number of carbonyl (C=O) groups excluding carboxylic acids is 1. The first-order valence-electron chi connectivity index (χ1n) is 5.16. The summed E-state index contributed by atoms with van der Waals surface area (Å²) in [6.07, 6.45) is 2.92. The summed E-state index contributed by atoms with van der Waals surface area (Å²) in [4.78, 5) is 27.1. The Bertz CT molecular complexity index is 566. The van der Waals surface area contributed by atoms with Crippen molar-refractivity contribution < 1.29 is 14.7 Å². The van der Waals surface area contributed by atoms with Gasteiger partial charge in [-0.1, -0.05) is 6.07 Å². The molecular formula is C12H10N2O3S. The van der Waals surface area contributed by atoms with Crippen LogP contribution in [0.2, 0.25) is 0 Å². The predicted molar refractivity (Wildman–Crippen MR) is 67.8 cm³/mol. The van der Waals surface area contributed by atoms with Crippen molar-refractivity contribution in [2.45, 2.75) is 6.42 Å². The number of anilines is 1. The molecule has 2 heterocycles. The van der Waals surface area contributed by atoms with Crippen LogP contribution in [0.5, 0.6) is 0 Å². The van der Waals surface area contributed by atoms with Gasteiger partial charge in [0.25, 0.3) is 0 Å². The molecule has 92 valence electrons. The number of nitrogens with one attached hydrogen (secondary N) is 1. The summed E-state index contributed by atoms with van der Waals surface area (Å²) in [6, 6.07) is 5.12. The van der Waals surface area contributed by atoms with Crippen molar-refractivity contribution in [1.82, 2.24) is 4.98 Å². The number of amides is 1. The van der Waals surface area contributed by atoms with Gasteiger partial charge in [-0.15, -0.1) is 11.3 Å². The minimum Gasteiger partial charge on any atom is -0.478 e.